The third-order valence-electron chi connectivity index (χ3n) is 3.69. The molecule has 0 spiro atoms. The van der Waals surface area contributed by atoms with Crippen LogP contribution in [0, 0.1) is 0 Å². The van der Waals surface area contributed by atoms with Crippen molar-refractivity contribution in [1.29, 1.82) is 0 Å². The number of aromatic nitrogens is 1. The molecule has 0 radical (unpaired) electrons. The van der Waals surface area contributed by atoms with Gasteiger partial charge in [0.1, 0.15) is 0 Å². The Balaban J connectivity index is 1.41. The van der Waals surface area contributed by atoms with E-state index in [0.717, 1.165) is 22.8 Å². The summed E-state index contributed by atoms with van der Waals surface area (Å²) in [4.78, 5) is 15.9. The van der Waals surface area contributed by atoms with Gasteiger partial charge in [-0.2, -0.15) is 0 Å². The second-order valence-corrected chi connectivity index (χ2v) is 6.78. The highest BCUT2D eigenvalue weighted by atomic mass is 35.5. The van der Waals surface area contributed by atoms with E-state index in [4.69, 9.17) is 11.6 Å². The molecule has 2 unspecified atom stereocenters. The molecule has 1 aromatic heterocycles. The summed E-state index contributed by atoms with van der Waals surface area (Å²) in [5, 5.41) is 3.87. The van der Waals surface area contributed by atoms with E-state index in [-0.39, 0.29) is 11.9 Å². The van der Waals surface area contributed by atoms with Crippen LogP contribution in [0.5, 0.6) is 0 Å². The molecule has 1 saturated carbocycles. The normalized spacial score (nSPS) is 19.7. The average Bonchev–Trinajstić information content (AvgIpc) is 3.27. The number of rotatable bonds is 6. The lowest BCUT2D eigenvalue weighted by atomic mass is 10.1. The zero-order valence-corrected chi connectivity index (χ0v) is 13.6. The van der Waals surface area contributed by atoms with Gasteiger partial charge in [0.15, 0.2) is 0 Å². The predicted octanol–water partition coefficient (Wildman–Crippen LogP) is 3.64. The Labute approximate surface area is 139 Å². The van der Waals surface area contributed by atoms with Gasteiger partial charge in [0.25, 0.3) is 0 Å². The van der Waals surface area contributed by atoms with Gasteiger partial charge in [0, 0.05) is 35.1 Å². The average molecular weight is 333 g/mol. The zero-order chi connectivity index (χ0) is 15.4. The Morgan fingerprint density at radius 3 is 2.82 bits per heavy atom. The highest BCUT2D eigenvalue weighted by molar-refractivity contribution is 7.99. The van der Waals surface area contributed by atoms with E-state index in [9.17, 15) is 4.79 Å². The van der Waals surface area contributed by atoms with Crippen LogP contribution in [0.4, 0.5) is 0 Å². The highest BCUT2D eigenvalue weighted by Gasteiger charge is 2.40. The minimum absolute atomic E-state index is 0.0959. The van der Waals surface area contributed by atoms with Gasteiger partial charge in [-0.05, 0) is 35.7 Å². The van der Waals surface area contributed by atoms with Crippen molar-refractivity contribution in [2.75, 3.05) is 5.75 Å². The second-order valence-electron chi connectivity index (χ2n) is 5.39. The fourth-order valence-electron chi connectivity index (χ4n) is 2.46. The summed E-state index contributed by atoms with van der Waals surface area (Å²) in [5.41, 5.74) is 2.33. The minimum Gasteiger partial charge on any atom is -0.352 e. The van der Waals surface area contributed by atoms with Crippen molar-refractivity contribution in [1.82, 2.24) is 10.3 Å². The summed E-state index contributed by atoms with van der Waals surface area (Å²) >= 11 is 7.81. The maximum absolute atomic E-state index is 12.0. The molecule has 0 saturated heterocycles. The molecule has 2 aromatic rings. The molecule has 5 heteroatoms. The number of carbonyl (C=O) groups is 1. The number of hydrogen-bond donors (Lipinski definition) is 1. The maximum atomic E-state index is 12.0. The second kappa shape index (κ2) is 7.16. The number of halogens is 1. The summed E-state index contributed by atoms with van der Waals surface area (Å²) in [6.07, 6.45) is 4.52. The minimum atomic E-state index is 0.0959. The number of amides is 1. The number of thioether (sulfide) groups is 1. The summed E-state index contributed by atoms with van der Waals surface area (Å²) < 4.78 is 0. The zero-order valence-electron chi connectivity index (χ0n) is 12.0. The van der Waals surface area contributed by atoms with Gasteiger partial charge < -0.3 is 5.32 Å². The van der Waals surface area contributed by atoms with E-state index in [2.05, 4.69) is 10.3 Å². The molecule has 1 amide bonds. The molecule has 114 valence electrons. The molecule has 1 aliphatic carbocycles. The molecule has 1 N–H and O–H groups in total. The number of carbonyl (C=O) groups excluding carboxylic acids is 1. The van der Waals surface area contributed by atoms with Crippen molar-refractivity contribution >= 4 is 29.3 Å². The van der Waals surface area contributed by atoms with Crippen molar-refractivity contribution in [2.24, 2.45) is 0 Å². The predicted molar refractivity (Wildman–Crippen MR) is 91.1 cm³/mol. The largest absolute Gasteiger partial charge is 0.352 e. The molecule has 1 aromatic carbocycles. The Hall–Kier alpha value is -1.52. The smallest absolute Gasteiger partial charge is 0.230 e. The first kappa shape index (κ1) is 15.4. The third kappa shape index (κ3) is 4.02. The quantitative estimate of drug-likeness (QED) is 0.878. The first-order valence-electron chi connectivity index (χ1n) is 7.24. The van der Waals surface area contributed by atoms with Gasteiger partial charge >= 0.3 is 0 Å². The number of nitrogens with zero attached hydrogens (tertiary/aromatic N) is 1. The van der Waals surface area contributed by atoms with Crippen molar-refractivity contribution in [3.63, 3.8) is 0 Å². The molecule has 3 rings (SSSR count). The van der Waals surface area contributed by atoms with Crippen molar-refractivity contribution in [2.45, 2.75) is 24.1 Å². The number of pyridine rings is 1. The topological polar surface area (TPSA) is 42.0 Å². The van der Waals surface area contributed by atoms with Gasteiger partial charge in [-0.25, -0.2) is 0 Å². The first-order chi connectivity index (χ1) is 10.7. The molecular weight excluding hydrogens is 316 g/mol. The summed E-state index contributed by atoms with van der Waals surface area (Å²) in [5.74, 6) is 1.77. The molecule has 1 heterocycles. The van der Waals surface area contributed by atoms with Crippen molar-refractivity contribution in [3.8, 4) is 0 Å². The molecule has 0 aliphatic heterocycles. The monoisotopic (exact) mass is 332 g/mol. The molecule has 22 heavy (non-hydrogen) atoms. The van der Waals surface area contributed by atoms with Crippen LogP contribution in [-0.2, 0) is 10.5 Å². The summed E-state index contributed by atoms with van der Waals surface area (Å²) in [6, 6.07) is 12.0. The van der Waals surface area contributed by atoms with E-state index in [1.54, 1.807) is 24.2 Å². The first-order valence-corrected chi connectivity index (χ1v) is 8.78. The van der Waals surface area contributed by atoms with Gasteiger partial charge in [0.05, 0.1) is 5.75 Å². The van der Waals surface area contributed by atoms with Crippen LogP contribution in [0.25, 0.3) is 0 Å². The Morgan fingerprint density at radius 1 is 1.27 bits per heavy atom. The maximum Gasteiger partial charge on any atom is 0.230 e. The van der Waals surface area contributed by atoms with Crippen LogP contribution >= 0.6 is 23.4 Å². The van der Waals surface area contributed by atoms with Gasteiger partial charge in [-0.1, -0.05) is 29.8 Å². The lowest BCUT2D eigenvalue weighted by Gasteiger charge is -2.06. The van der Waals surface area contributed by atoms with Gasteiger partial charge in [-0.3, -0.25) is 9.78 Å². The summed E-state index contributed by atoms with van der Waals surface area (Å²) in [7, 11) is 0. The highest BCUT2D eigenvalue weighted by Crippen LogP contribution is 2.43. The van der Waals surface area contributed by atoms with Crippen LogP contribution in [0.15, 0.2) is 48.8 Å². The van der Waals surface area contributed by atoms with Crippen molar-refractivity contribution < 1.29 is 4.79 Å². The van der Waals surface area contributed by atoms with E-state index < -0.39 is 0 Å². The van der Waals surface area contributed by atoms with E-state index in [1.165, 1.54) is 5.56 Å². The van der Waals surface area contributed by atoms with Crippen LogP contribution in [0.1, 0.15) is 23.5 Å². The van der Waals surface area contributed by atoms with Gasteiger partial charge in [0.2, 0.25) is 5.91 Å². The van der Waals surface area contributed by atoms with Crippen LogP contribution in [0.3, 0.4) is 0 Å². The molecule has 2 atom stereocenters. The molecule has 1 fully saturated rings. The van der Waals surface area contributed by atoms with Crippen molar-refractivity contribution in [3.05, 3.63) is 64.9 Å². The number of nitrogens with one attached hydrogen (secondary N) is 1. The molecule has 1 aliphatic rings. The summed E-state index contributed by atoms with van der Waals surface area (Å²) in [6.45, 7) is 0. The lowest BCUT2D eigenvalue weighted by molar-refractivity contribution is -0.118. The van der Waals surface area contributed by atoms with E-state index in [1.807, 2.05) is 36.4 Å². The lowest BCUT2D eigenvalue weighted by Crippen LogP contribution is -2.28. The standard InChI is InChI=1S/C17H17ClN2OS/c18-15-4-2-1-3-13(15)14-9-16(14)20-17(21)11-22-10-12-5-7-19-8-6-12/h1-8,14,16H,9-11H2,(H,20,21). The van der Waals surface area contributed by atoms with E-state index >= 15 is 0 Å². The molecule has 0 bridgehead atoms. The molecule has 3 nitrogen and oxygen atoms in total. The Bertz CT molecular complexity index is 650. The van der Waals surface area contributed by atoms with Crippen LogP contribution < -0.4 is 5.32 Å². The number of benzene rings is 1. The van der Waals surface area contributed by atoms with E-state index in [0.29, 0.717) is 11.7 Å². The third-order valence-corrected chi connectivity index (χ3v) is 5.04. The molecular formula is C17H17ClN2OS. The Morgan fingerprint density at radius 2 is 2.05 bits per heavy atom. The SMILES string of the molecule is O=C(CSCc1ccncc1)NC1CC1c1ccccc1Cl. The van der Waals surface area contributed by atoms with Crippen LogP contribution in [-0.4, -0.2) is 22.7 Å². The fraction of sp³-hybridized carbons (Fsp3) is 0.294. The Kier molecular flexibility index (Phi) is 5.01. The number of hydrogen-bond acceptors (Lipinski definition) is 3. The van der Waals surface area contributed by atoms with Crippen LogP contribution in [0.2, 0.25) is 5.02 Å². The fourth-order valence-corrected chi connectivity index (χ4v) is 3.54. The van der Waals surface area contributed by atoms with Gasteiger partial charge in [-0.15, -0.1) is 11.8 Å².